The topological polar surface area (TPSA) is 44.1 Å². The van der Waals surface area contributed by atoms with Crippen LogP contribution in [-0.2, 0) is 4.74 Å². The third-order valence-electron chi connectivity index (χ3n) is 3.88. The number of para-hydroxylation sites is 1. The first kappa shape index (κ1) is 15.6. The van der Waals surface area contributed by atoms with Gasteiger partial charge in [0.15, 0.2) is 0 Å². The smallest absolute Gasteiger partial charge is 0.348 e. The van der Waals surface area contributed by atoms with E-state index in [1.54, 1.807) is 6.92 Å². The lowest BCUT2D eigenvalue weighted by molar-refractivity contribution is 0.0532. The van der Waals surface area contributed by atoms with Crippen LogP contribution in [0.25, 0.3) is 27.4 Å². The van der Waals surface area contributed by atoms with Crippen LogP contribution in [0.1, 0.15) is 16.6 Å². The lowest BCUT2D eigenvalue weighted by atomic mass is 10.2. The maximum absolute atomic E-state index is 12.1. The molecule has 0 saturated heterocycles. The normalized spacial score (nSPS) is 10.9. The Balaban J connectivity index is 1.94. The first-order chi connectivity index (χ1) is 12.3. The van der Waals surface area contributed by atoms with E-state index in [-0.39, 0.29) is 5.97 Å². The van der Waals surface area contributed by atoms with E-state index >= 15 is 0 Å². The Kier molecular flexibility index (Phi) is 4.07. The molecule has 124 valence electrons. The van der Waals surface area contributed by atoms with E-state index in [1.807, 2.05) is 66.7 Å². The third kappa shape index (κ3) is 2.83. The first-order valence-electron chi connectivity index (χ1n) is 8.08. The summed E-state index contributed by atoms with van der Waals surface area (Å²) < 4.78 is 7.21. The van der Waals surface area contributed by atoms with Crippen LogP contribution in [0.5, 0.6) is 0 Å². The number of benzene rings is 2. The number of esters is 1. The van der Waals surface area contributed by atoms with Gasteiger partial charge >= 0.3 is 5.97 Å². The number of hydrogen-bond acceptors (Lipinski definition) is 4. The van der Waals surface area contributed by atoms with Gasteiger partial charge in [0, 0.05) is 11.3 Å². The van der Waals surface area contributed by atoms with Gasteiger partial charge in [0.1, 0.15) is 15.5 Å². The zero-order valence-corrected chi connectivity index (χ0v) is 14.5. The van der Waals surface area contributed by atoms with Crippen molar-refractivity contribution in [2.24, 2.45) is 0 Å². The van der Waals surface area contributed by atoms with Crippen LogP contribution in [0.15, 0.2) is 66.7 Å². The van der Waals surface area contributed by atoms with E-state index < -0.39 is 0 Å². The highest BCUT2D eigenvalue weighted by atomic mass is 32.1. The Hall–Kier alpha value is -2.92. The minimum atomic E-state index is -0.300. The maximum Gasteiger partial charge on any atom is 0.348 e. The number of carbonyl (C=O) groups is 1. The number of ether oxygens (including phenoxy) is 1. The average molecular weight is 348 g/mol. The van der Waals surface area contributed by atoms with Crippen LogP contribution in [0.2, 0.25) is 0 Å². The predicted molar refractivity (Wildman–Crippen MR) is 100 cm³/mol. The van der Waals surface area contributed by atoms with Crippen LogP contribution in [0.3, 0.4) is 0 Å². The van der Waals surface area contributed by atoms with Crippen molar-refractivity contribution in [3.05, 3.63) is 71.6 Å². The van der Waals surface area contributed by atoms with E-state index in [9.17, 15) is 4.79 Å². The maximum atomic E-state index is 12.1. The standard InChI is InChI=1S/C20H16N2O2S/c1-2-24-20(23)17-13-16-19(25-17)21-18(14-9-5-3-6-10-14)22(16)15-11-7-4-8-12-15/h3-13H,2H2,1H3. The summed E-state index contributed by atoms with van der Waals surface area (Å²) in [7, 11) is 0. The zero-order valence-electron chi connectivity index (χ0n) is 13.7. The van der Waals surface area contributed by atoms with Gasteiger partial charge in [-0.1, -0.05) is 48.5 Å². The number of imidazole rings is 1. The lowest BCUT2D eigenvalue weighted by Crippen LogP contribution is -2.02. The number of carbonyl (C=O) groups excluding carboxylic acids is 1. The molecule has 0 atom stereocenters. The molecule has 0 aliphatic heterocycles. The number of nitrogens with zero attached hydrogens (tertiary/aromatic N) is 2. The Labute approximate surface area is 149 Å². The molecule has 0 radical (unpaired) electrons. The van der Waals surface area contributed by atoms with Crippen molar-refractivity contribution in [1.29, 1.82) is 0 Å². The molecule has 2 aromatic heterocycles. The summed E-state index contributed by atoms with van der Waals surface area (Å²) in [6, 6.07) is 22.0. The second-order valence-electron chi connectivity index (χ2n) is 5.49. The molecule has 0 aliphatic carbocycles. The molecule has 5 heteroatoms. The molecule has 4 aromatic rings. The number of thiophene rings is 1. The molecule has 0 amide bonds. The van der Waals surface area contributed by atoms with Gasteiger partial charge in [-0.05, 0) is 25.1 Å². The van der Waals surface area contributed by atoms with Crippen molar-refractivity contribution in [1.82, 2.24) is 9.55 Å². The van der Waals surface area contributed by atoms with Crippen LogP contribution >= 0.6 is 11.3 Å². The van der Waals surface area contributed by atoms with Crippen LogP contribution < -0.4 is 0 Å². The molecule has 25 heavy (non-hydrogen) atoms. The fourth-order valence-electron chi connectivity index (χ4n) is 2.79. The van der Waals surface area contributed by atoms with E-state index in [0.717, 1.165) is 27.4 Å². The molecular formula is C20H16N2O2S. The zero-order chi connectivity index (χ0) is 17.2. The summed E-state index contributed by atoms with van der Waals surface area (Å²) in [5, 5.41) is 0. The second-order valence-corrected chi connectivity index (χ2v) is 6.52. The molecule has 0 N–H and O–H groups in total. The van der Waals surface area contributed by atoms with Crippen LogP contribution in [0, 0.1) is 0 Å². The van der Waals surface area contributed by atoms with Gasteiger partial charge in [0.05, 0.1) is 12.1 Å². The summed E-state index contributed by atoms with van der Waals surface area (Å²) in [5.41, 5.74) is 2.96. The highest BCUT2D eigenvalue weighted by molar-refractivity contribution is 7.20. The second kappa shape index (κ2) is 6.53. The Morgan fingerprint density at radius 3 is 2.44 bits per heavy atom. The van der Waals surface area contributed by atoms with Crippen molar-refractivity contribution < 1.29 is 9.53 Å². The molecule has 0 aliphatic rings. The molecule has 0 spiro atoms. The van der Waals surface area contributed by atoms with Crippen LogP contribution in [0.4, 0.5) is 0 Å². The number of hydrogen-bond donors (Lipinski definition) is 0. The molecule has 2 heterocycles. The van der Waals surface area contributed by atoms with E-state index in [1.165, 1.54) is 11.3 Å². The van der Waals surface area contributed by atoms with E-state index in [0.29, 0.717) is 11.5 Å². The Morgan fingerprint density at radius 1 is 1.08 bits per heavy atom. The summed E-state index contributed by atoms with van der Waals surface area (Å²) in [6.07, 6.45) is 0. The van der Waals surface area contributed by atoms with Gasteiger partial charge in [0.25, 0.3) is 0 Å². The summed E-state index contributed by atoms with van der Waals surface area (Å²) in [6.45, 7) is 2.17. The Morgan fingerprint density at radius 2 is 1.76 bits per heavy atom. The molecule has 4 nitrogen and oxygen atoms in total. The quantitative estimate of drug-likeness (QED) is 0.491. The minimum Gasteiger partial charge on any atom is -0.462 e. The Bertz CT molecular complexity index is 1020. The number of aromatic nitrogens is 2. The van der Waals surface area contributed by atoms with E-state index in [4.69, 9.17) is 9.72 Å². The molecule has 0 unspecified atom stereocenters. The van der Waals surface area contributed by atoms with Gasteiger partial charge < -0.3 is 4.74 Å². The molecule has 0 bridgehead atoms. The largest absolute Gasteiger partial charge is 0.462 e. The van der Waals surface area contributed by atoms with Gasteiger partial charge in [-0.3, -0.25) is 4.57 Å². The lowest BCUT2D eigenvalue weighted by Gasteiger charge is -2.09. The van der Waals surface area contributed by atoms with Crippen molar-refractivity contribution in [2.75, 3.05) is 6.61 Å². The average Bonchev–Trinajstić information content (AvgIpc) is 3.21. The van der Waals surface area contributed by atoms with Crippen molar-refractivity contribution in [2.45, 2.75) is 6.92 Å². The van der Waals surface area contributed by atoms with Gasteiger partial charge in [-0.15, -0.1) is 11.3 Å². The van der Waals surface area contributed by atoms with Crippen molar-refractivity contribution in [3.63, 3.8) is 0 Å². The summed E-state index contributed by atoms with van der Waals surface area (Å²) >= 11 is 1.36. The fraction of sp³-hybridized carbons (Fsp3) is 0.100. The van der Waals surface area contributed by atoms with Gasteiger partial charge in [-0.2, -0.15) is 0 Å². The fourth-order valence-corrected chi connectivity index (χ4v) is 3.70. The van der Waals surface area contributed by atoms with E-state index in [2.05, 4.69) is 4.57 Å². The highest BCUT2D eigenvalue weighted by Crippen LogP contribution is 2.33. The van der Waals surface area contributed by atoms with Crippen molar-refractivity contribution in [3.8, 4) is 17.1 Å². The van der Waals surface area contributed by atoms with Gasteiger partial charge in [-0.25, -0.2) is 9.78 Å². The molecular weight excluding hydrogens is 332 g/mol. The molecule has 4 rings (SSSR count). The molecule has 2 aromatic carbocycles. The number of rotatable bonds is 4. The van der Waals surface area contributed by atoms with Crippen LogP contribution in [-0.4, -0.2) is 22.1 Å². The third-order valence-corrected chi connectivity index (χ3v) is 4.87. The summed E-state index contributed by atoms with van der Waals surface area (Å²) in [4.78, 5) is 18.3. The van der Waals surface area contributed by atoms with Crippen molar-refractivity contribution >= 4 is 27.7 Å². The SMILES string of the molecule is CCOC(=O)c1cc2c(nc(-c3ccccc3)n2-c2ccccc2)s1. The minimum absolute atomic E-state index is 0.300. The summed E-state index contributed by atoms with van der Waals surface area (Å²) in [5.74, 6) is 0.565. The monoisotopic (exact) mass is 348 g/mol. The molecule has 0 saturated carbocycles. The number of fused-ring (bicyclic) bond motifs is 1. The predicted octanol–water partition coefficient (Wildman–Crippen LogP) is 4.93. The van der Waals surface area contributed by atoms with Gasteiger partial charge in [0.2, 0.25) is 0 Å². The highest BCUT2D eigenvalue weighted by Gasteiger charge is 2.19. The molecule has 0 fully saturated rings. The first-order valence-corrected chi connectivity index (χ1v) is 8.90.